The van der Waals surface area contributed by atoms with Crippen LogP contribution in [-0.2, 0) is 15.7 Å². The first-order chi connectivity index (χ1) is 22.0. The van der Waals surface area contributed by atoms with Gasteiger partial charge < -0.3 is 21.3 Å². The average molecular weight is 657 g/mol. The molecule has 2 aliphatic heterocycles. The Morgan fingerprint density at radius 3 is 2.48 bits per heavy atom. The van der Waals surface area contributed by atoms with Crippen molar-refractivity contribution in [1.82, 2.24) is 40.0 Å². The van der Waals surface area contributed by atoms with E-state index in [0.717, 1.165) is 4.09 Å². The zero-order valence-electron chi connectivity index (χ0n) is 25.0. The Morgan fingerprint density at radius 1 is 1.02 bits per heavy atom. The number of nitrogens with two attached hydrogens (primary N) is 1. The van der Waals surface area contributed by atoms with Crippen molar-refractivity contribution in [2.45, 2.75) is 80.4 Å². The molecule has 0 bridgehead atoms. The van der Waals surface area contributed by atoms with Gasteiger partial charge in [0.15, 0.2) is 17.3 Å². The van der Waals surface area contributed by atoms with Crippen LogP contribution in [0.4, 0.5) is 19.0 Å². The van der Waals surface area contributed by atoms with Gasteiger partial charge in [0.2, 0.25) is 0 Å². The van der Waals surface area contributed by atoms with Gasteiger partial charge in [-0.15, -0.1) is 10.2 Å². The third-order valence-corrected chi connectivity index (χ3v) is 11.0. The number of allylic oxidation sites excluding steroid dienone is 1. The van der Waals surface area contributed by atoms with Gasteiger partial charge in [0.25, 0.3) is 15.9 Å². The lowest BCUT2D eigenvalue weighted by Gasteiger charge is -2.35. The summed E-state index contributed by atoms with van der Waals surface area (Å²) >= 11 is 0. The lowest BCUT2D eigenvalue weighted by molar-refractivity contribution is -0.0221. The molecule has 7 rings (SSSR count). The zero-order chi connectivity index (χ0) is 32.1. The van der Waals surface area contributed by atoms with E-state index in [2.05, 4.69) is 35.9 Å². The number of piperidine rings is 1. The number of aromatic nitrogens is 6. The maximum absolute atomic E-state index is 13.9. The van der Waals surface area contributed by atoms with E-state index in [-0.39, 0.29) is 37.8 Å². The van der Waals surface area contributed by atoms with Crippen molar-refractivity contribution in [3.8, 4) is 11.4 Å². The highest BCUT2D eigenvalue weighted by atomic mass is 32.2. The van der Waals surface area contributed by atoms with Gasteiger partial charge in [0, 0.05) is 55.6 Å². The van der Waals surface area contributed by atoms with Gasteiger partial charge in [0.1, 0.15) is 6.17 Å². The van der Waals surface area contributed by atoms with Gasteiger partial charge in [-0.1, -0.05) is 0 Å². The molecule has 3 aromatic heterocycles. The van der Waals surface area contributed by atoms with Gasteiger partial charge in [-0.2, -0.15) is 9.19 Å². The summed E-state index contributed by atoms with van der Waals surface area (Å²) in [7, 11) is -3.55. The van der Waals surface area contributed by atoms with Crippen LogP contribution in [0.3, 0.4) is 0 Å². The molecule has 1 atom stereocenters. The Balaban J connectivity index is 1.16. The monoisotopic (exact) mass is 656 g/mol. The summed E-state index contributed by atoms with van der Waals surface area (Å²) in [6, 6.07) is 5.23. The molecule has 3 aromatic rings. The smallest absolute Gasteiger partial charge is 0.256 e. The fourth-order valence-corrected chi connectivity index (χ4v) is 7.50. The number of nitrogens with one attached hydrogen (secondary N) is 2. The van der Waals surface area contributed by atoms with Crippen molar-refractivity contribution in [1.29, 1.82) is 0 Å². The number of alkyl halides is 3. The summed E-state index contributed by atoms with van der Waals surface area (Å²) in [6.07, 6.45) is 10.0. The normalized spacial score (nSPS) is 26.6. The van der Waals surface area contributed by atoms with E-state index in [1.807, 2.05) is 0 Å². The number of hydrogen-bond donors (Lipinski definition) is 3. The fraction of sp³-hybridized carbons (Fsp3) is 0.500. The van der Waals surface area contributed by atoms with Crippen LogP contribution in [0.15, 0.2) is 54.8 Å². The summed E-state index contributed by atoms with van der Waals surface area (Å²) in [5.41, 5.74) is 8.32. The number of dihydropyridines is 1. The lowest BCUT2D eigenvalue weighted by atomic mass is 9.91. The second-order valence-electron chi connectivity index (χ2n) is 12.5. The van der Waals surface area contributed by atoms with Gasteiger partial charge >= 0.3 is 0 Å². The molecule has 4 aliphatic rings. The number of halogens is 3. The highest BCUT2D eigenvalue weighted by Gasteiger charge is 2.38. The Hall–Kier alpha value is -4.05. The summed E-state index contributed by atoms with van der Waals surface area (Å²) < 4.78 is 67.5. The molecular formula is C30H35F3N10O2S. The third kappa shape index (κ3) is 6.19. The molecule has 12 nitrogen and oxygen atoms in total. The molecule has 5 heterocycles. The van der Waals surface area contributed by atoms with Crippen LogP contribution in [0.5, 0.6) is 0 Å². The van der Waals surface area contributed by atoms with Crippen molar-refractivity contribution < 1.29 is 21.6 Å². The Morgan fingerprint density at radius 2 is 1.78 bits per heavy atom. The van der Waals surface area contributed by atoms with Gasteiger partial charge in [-0.3, -0.25) is 0 Å². The van der Waals surface area contributed by atoms with Crippen LogP contribution in [0, 0.1) is 0 Å². The molecule has 2 saturated carbocycles. The third-order valence-electron chi connectivity index (χ3n) is 8.98. The first kappa shape index (κ1) is 30.6. The molecule has 4 N–H and O–H groups in total. The van der Waals surface area contributed by atoms with E-state index in [0.29, 0.717) is 72.6 Å². The molecule has 3 fully saturated rings. The minimum absolute atomic E-state index is 0.00599. The largest absolute Gasteiger partial charge is 0.382 e. The predicted molar refractivity (Wildman–Crippen MR) is 164 cm³/mol. The van der Waals surface area contributed by atoms with Crippen molar-refractivity contribution in [2.75, 3.05) is 18.0 Å². The van der Waals surface area contributed by atoms with Gasteiger partial charge in [0.05, 0.1) is 34.6 Å². The molecule has 46 heavy (non-hydrogen) atoms. The second kappa shape index (κ2) is 11.6. The molecule has 16 heteroatoms. The van der Waals surface area contributed by atoms with E-state index >= 15 is 0 Å². The number of rotatable bonds is 8. The molecule has 2 aliphatic carbocycles. The SMILES string of the molecule is NC1(c2ccnc(-c3cnn(S(=O)(=O)C4CC4)c3)n2)C=C(NC2CCC(F)CC2)C(c2ccc(N3CCC(F)(F)CC3)nn2)=CN1. The molecule has 1 saturated heterocycles. The van der Waals surface area contributed by atoms with Crippen LogP contribution < -0.4 is 21.3 Å². The first-order valence-electron chi connectivity index (χ1n) is 15.5. The predicted octanol–water partition coefficient (Wildman–Crippen LogP) is 3.22. The van der Waals surface area contributed by atoms with Crippen molar-refractivity contribution in [2.24, 2.45) is 5.73 Å². The summed E-state index contributed by atoms with van der Waals surface area (Å²) in [5, 5.41) is 19.2. The summed E-state index contributed by atoms with van der Waals surface area (Å²) in [6.45, 7) is 0.395. The summed E-state index contributed by atoms with van der Waals surface area (Å²) in [4.78, 5) is 10.8. The maximum atomic E-state index is 13.9. The fourth-order valence-electron chi connectivity index (χ4n) is 6.02. The average Bonchev–Trinajstić information content (AvgIpc) is 3.79. The standard InChI is InChI=1S/C30H35F3N10O2S/c31-20-1-3-21(4-2-20)38-25-15-30(34,26-9-12-35-28(39-26)19-16-37-43(18-19)46(44,45)22-5-6-22)36-17-23(25)24-7-8-27(41-40-24)42-13-10-29(32,33)11-14-42/h7-9,12,15-18,20-22,36,38H,1-6,10-11,13-14,34H2. The quantitative estimate of drug-likeness (QED) is 0.327. The second-order valence-corrected chi connectivity index (χ2v) is 14.5. The van der Waals surface area contributed by atoms with Crippen LogP contribution in [0.2, 0.25) is 0 Å². The minimum Gasteiger partial charge on any atom is -0.382 e. The van der Waals surface area contributed by atoms with Crippen LogP contribution in [0.25, 0.3) is 17.0 Å². The van der Waals surface area contributed by atoms with Gasteiger partial charge in [-0.05, 0) is 62.8 Å². The lowest BCUT2D eigenvalue weighted by Crippen LogP contribution is -2.50. The van der Waals surface area contributed by atoms with Crippen LogP contribution in [-0.4, -0.2) is 74.2 Å². The van der Waals surface area contributed by atoms with Crippen LogP contribution >= 0.6 is 0 Å². The molecule has 0 amide bonds. The maximum Gasteiger partial charge on any atom is 0.256 e. The number of hydrogen-bond acceptors (Lipinski definition) is 11. The highest BCUT2D eigenvalue weighted by molar-refractivity contribution is 7.90. The molecule has 0 radical (unpaired) electrons. The molecule has 0 spiro atoms. The number of nitrogens with zero attached hydrogens (tertiary/aromatic N) is 7. The molecular weight excluding hydrogens is 621 g/mol. The van der Waals surface area contributed by atoms with Gasteiger partial charge in [-0.25, -0.2) is 31.6 Å². The Kier molecular flexibility index (Phi) is 7.74. The first-order valence-corrected chi connectivity index (χ1v) is 17.0. The minimum atomic E-state index is -3.55. The van der Waals surface area contributed by atoms with E-state index in [4.69, 9.17) is 5.73 Å². The van der Waals surface area contributed by atoms with Crippen LogP contribution in [0.1, 0.15) is 62.8 Å². The molecule has 244 valence electrons. The van der Waals surface area contributed by atoms with Crippen molar-refractivity contribution >= 4 is 21.4 Å². The highest BCUT2D eigenvalue weighted by Crippen LogP contribution is 2.34. The number of anilines is 1. The van der Waals surface area contributed by atoms with Crippen molar-refractivity contribution in [3.05, 3.63) is 66.2 Å². The topological polar surface area (TPSA) is 157 Å². The van der Waals surface area contributed by atoms with E-state index < -0.39 is 33.0 Å². The molecule has 0 aromatic carbocycles. The zero-order valence-corrected chi connectivity index (χ0v) is 25.8. The van der Waals surface area contributed by atoms with E-state index in [9.17, 15) is 21.6 Å². The Bertz CT molecular complexity index is 1760. The van der Waals surface area contributed by atoms with E-state index in [1.54, 1.807) is 41.6 Å². The summed E-state index contributed by atoms with van der Waals surface area (Å²) in [5.74, 6) is -1.87. The molecule has 1 unspecified atom stereocenters. The Labute approximate surface area is 264 Å². The van der Waals surface area contributed by atoms with Crippen molar-refractivity contribution in [3.63, 3.8) is 0 Å². The van der Waals surface area contributed by atoms with E-state index in [1.165, 1.54) is 12.4 Å².